The molecule has 2 aliphatic rings. The van der Waals surface area contributed by atoms with Crippen molar-refractivity contribution in [3.05, 3.63) is 70.9 Å². The molecule has 7 heteroatoms. The summed E-state index contributed by atoms with van der Waals surface area (Å²) in [6.07, 6.45) is 4.45. The average molecular weight is 454 g/mol. The van der Waals surface area contributed by atoms with Gasteiger partial charge in [0.15, 0.2) is 0 Å². The second kappa shape index (κ2) is 8.29. The van der Waals surface area contributed by atoms with Crippen molar-refractivity contribution in [2.75, 3.05) is 13.6 Å². The Bertz CT molecular complexity index is 1280. The molecule has 0 bridgehead atoms. The first-order valence-corrected chi connectivity index (χ1v) is 11.8. The van der Waals surface area contributed by atoms with E-state index in [1.54, 1.807) is 12.3 Å². The molecular weight excluding hydrogens is 428 g/mol. The van der Waals surface area contributed by atoms with E-state index in [4.69, 9.17) is 4.74 Å². The first kappa shape index (κ1) is 21.6. The maximum Gasteiger partial charge on any atom is 0.252 e. The lowest BCUT2D eigenvalue weighted by Gasteiger charge is -2.41. The summed E-state index contributed by atoms with van der Waals surface area (Å²) in [4.78, 5) is 20.1. The number of amides is 1. The number of ether oxygens (including phenoxy) is 1. The number of hydrogen-bond acceptors (Lipinski definition) is 5. The van der Waals surface area contributed by atoms with E-state index in [2.05, 4.69) is 38.6 Å². The van der Waals surface area contributed by atoms with Gasteiger partial charge in [-0.15, -0.1) is 0 Å². The van der Waals surface area contributed by atoms with E-state index in [0.717, 1.165) is 47.8 Å². The van der Waals surface area contributed by atoms with Crippen molar-refractivity contribution >= 4 is 27.1 Å². The summed E-state index contributed by atoms with van der Waals surface area (Å²) in [6.45, 7) is 2.99. The van der Waals surface area contributed by atoms with E-state index in [-0.39, 0.29) is 11.6 Å². The van der Waals surface area contributed by atoms with Crippen LogP contribution in [0.3, 0.4) is 0 Å². The van der Waals surface area contributed by atoms with Crippen molar-refractivity contribution in [3.63, 3.8) is 0 Å². The Morgan fingerprint density at radius 2 is 2.15 bits per heavy atom. The van der Waals surface area contributed by atoms with Crippen LogP contribution in [0.25, 0.3) is 10.9 Å². The lowest BCUT2D eigenvalue weighted by Crippen LogP contribution is -2.53. The smallest absolute Gasteiger partial charge is 0.252 e. The van der Waals surface area contributed by atoms with Crippen molar-refractivity contribution in [2.45, 2.75) is 43.5 Å². The van der Waals surface area contributed by atoms with E-state index in [1.165, 1.54) is 0 Å². The molecule has 3 aromatic rings. The van der Waals surface area contributed by atoms with Crippen LogP contribution in [0.4, 0.5) is 0 Å². The van der Waals surface area contributed by atoms with Gasteiger partial charge in [-0.05, 0) is 81.2 Å². The lowest BCUT2D eigenvalue weighted by atomic mass is 9.96. The van der Waals surface area contributed by atoms with Crippen LogP contribution in [0.1, 0.15) is 46.3 Å². The fourth-order valence-corrected chi connectivity index (χ4v) is 5.13. The van der Waals surface area contributed by atoms with E-state index < -0.39 is 5.54 Å². The van der Waals surface area contributed by atoms with Crippen LogP contribution in [-0.4, -0.2) is 51.4 Å². The van der Waals surface area contributed by atoms with E-state index in [1.807, 2.05) is 43.3 Å². The Hall–Kier alpha value is -3.21. The summed E-state index contributed by atoms with van der Waals surface area (Å²) < 4.78 is 6.10. The number of nitrogens with zero attached hydrogens (tertiary/aromatic N) is 3. The summed E-state index contributed by atoms with van der Waals surface area (Å²) in [5.41, 5.74) is 3.13. The third kappa shape index (κ3) is 4.01. The molecule has 1 aromatic heterocycles. The molecule has 33 heavy (non-hydrogen) atoms. The lowest BCUT2D eigenvalue weighted by molar-refractivity contribution is 0.0562. The zero-order valence-electron chi connectivity index (χ0n) is 18.8. The first-order valence-electron chi connectivity index (χ1n) is 11.2. The predicted molar refractivity (Wildman–Crippen MR) is 127 cm³/mol. The number of benzene rings is 2. The molecule has 2 aromatic carbocycles. The van der Waals surface area contributed by atoms with Gasteiger partial charge in [-0.25, -0.2) is 0 Å². The molecule has 1 amide bonds. The van der Waals surface area contributed by atoms with Gasteiger partial charge in [-0.1, -0.05) is 12.1 Å². The fourth-order valence-electron chi connectivity index (χ4n) is 4.58. The number of carbonyl (C=O) groups excluding carboxylic acids is 1. The van der Waals surface area contributed by atoms with Crippen LogP contribution in [0.2, 0.25) is 0 Å². The number of rotatable bonds is 6. The van der Waals surface area contributed by atoms with Crippen molar-refractivity contribution in [1.29, 1.82) is 5.26 Å². The minimum atomic E-state index is -0.485. The molecule has 2 fully saturated rings. The van der Waals surface area contributed by atoms with Gasteiger partial charge in [-0.2, -0.15) is 5.26 Å². The van der Waals surface area contributed by atoms with Crippen LogP contribution >= 0.6 is 0 Å². The Morgan fingerprint density at radius 1 is 1.33 bits per heavy atom. The molecule has 6 nitrogen and oxygen atoms in total. The molecule has 2 atom stereocenters. The SMILES string of the molecule is Cc1ccc(OC([Si])[C@@H]2CCN2C)cc1C(=O)NC1(c2cc(C#N)cc3ncccc23)CC1. The highest BCUT2D eigenvalue weighted by molar-refractivity contribution is 6.11. The fraction of sp³-hybridized carbons (Fsp3) is 0.346. The van der Waals surface area contributed by atoms with Crippen molar-refractivity contribution in [1.82, 2.24) is 15.2 Å². The second-order valence-electron chi connectivity index (χ2n) is 9.09. The summed E-state index contributed by atoms with van der Waals surface area (Å²) in [6, 6.07) is 15.7. The van der Waals surface area contributed by atoms with Crippen molar-refractivity contribution in [3.8, 4) is 11.8 Å². The summed E-state index contributed by atoms with van der Waals surface area (Å²) in [5.74, 6) is 0.526. The Labute approximate surface area is 197 Å². The van der Waals surface area contributed by atoms with Gasteiger partial charge in [0, 0.05) is 23.2 Å². The van der Waals surface area contributed by atoms with Crippen LogP contribution in [0.5, 0.6) is 5.75 Å². The largest absolute Gasteiger partial charge is 0.493 e. The van der Waals surface area contributed by atoms with Gasteiger partial charge >= 0.3 is 0 Å². The number of likely N-dealkylation sites (tertiary alicyclic amines) is 1. The van der Waals surface area contributed by atoms with Gasteiger partial charge in [0.25, 0.3) is 5.91 Å². The van der Waals surface area contributed by atoms with Crippen LogP contribution in [0.15, 0.2) is 48.7 Å². The Morgan fingerprint density at radius 3 is 2.82 bits per heavy atom. The average Bonchev–Trinajstić information content (AvgIpc) is 3.58. The molecule has 5 rings (SSSR count). The monoisotopic (exact) mass is 453 g/mol. The van der Waals surface area contributed by atoms with E-state index in [9.17, 15) is 10.1 Å². The van der Waals surface area contributed by atoms with Gasteiger partial charge in [-0.3, -0.25) is 9.78 Å². The van der Waals surface area contributed by atoms with Crippen molar-refractivity contribution < 1.29 is 9.53 Å². The molecule has 1 aliphatic heterocycles. The Balaban J connectivity index is 1.41. The molecular formula is C26H25N4O2Si. The number of fused-ring (bicyclic) bond motifs is 1. The number of hydrogen-bond donors (Lipinski definition) is 1. The predicted octanol–water partition coefficient (Wildman–Crippen LogP) is 3.41. The highest BCUT2D eigenvalue weighted by Gasteiger charge is 2.47. The van der Waals surface area contributed by atoms with Gasteiger partial charge in [0.05, 0.1) is 38.7 Å². The normalized spacial score (nSPS) is 19.9. The zero-order valence-corrected chi connectivity index (χ0v) is 19.8. The van der Waals surface area contributed by atoms with Crippen LogP contribution in [0, 0.1) is 18.3 Å². The molecule has 1 aliphatic carbocycles. The van der Waals surface area contributed by atoms with E-state index in [0.29, 0.717) is 22.9 Å². The molecule has 1 saturated heterocycles. The molecule has 0 spiro atoms. The molecule has 1 saturated carbocycles. The minimum Gasteiger partial charge on any atom is -0.493 e. The summed E-state index contributed by atoms with van der Waals surface area (Å²) in [5, 5.41) is 13.7. The zero-order chi connectivity index (χ0) is 23.2. The van der Waals surface area contributed by atoms with Gasteiger partial charge in [0.2, 0.25) is 0 Å². The molecule has 1 unspecified atom stereocenters. The number of nitriles is 1. The second-order valence-corrected chi connectivity index (χ2v) is 9.66. The molecule has 2 heterocycles. The number of pyridine rings is 1. The number of aromatic nitrogens is 1. The van der Waals surface area contributed by atoms with Gasteiger partial charge in [0.1, 0.15) is 5.75 Å². The molecule has 3 radical (unpaired) electrons. The van der Waals surface area contributed by atoms with Gasteiger partial charge < -0.3 is 15.0 Å². The number of aryl methyl sites for hydroxylation is 1. The third-order valence-electron chi connectivity index (χ3n) is 6.88. The number of nitrogens with one attached hydrogen (secondary N) is 1. The molecule has 165 valence electrons. The molecule has 1 N–H and O–H groups in total. The summed E-state index contributed by atoms with van der Waals surface area (Å²) in [7, 11) is 5.78. The minimum absolute atomic E-state index is 0.135. The van der Waals surface area contributed by atoms with Crippen LogP contribution in [-0.2, 0) is 5.54 Å². The number of likely N-dealkylation sites (N-methyl/N-ethyl adjacent to an activating group) is 1. The maximum absolute atomic E-state index is 13.4. The quantitative estimate of drug-likeness (QED) is 0.579. The standard InChI is InChI=1S/C26H25N4O2Si/c1-16-5-6-18(32-25(33)23-7-11-30(23)2)14-20(16)24(31)29-26(8-9-26)21-12-17(15-27)13-22-19(21)4-3-10-28-22/h3-6,10,12-14,23,25H,7-9,11H2,1-2H3,(H,29,31)/t23-,25?/m0/s1. The highest BCUT2D eigenvalue weighted by Crippen LogP contribution is 2.48. The Kier molecular flexibility index (Phi) is 5.43. The maximum atomic E-state index is 13.4. The topological polar surface area (TPSA) is 78.2 Å². The number of carbonyl (C=O) groups is 1. The third-order valence-corrected chi connectivity index (χ3v) is 7.38. The first-order chi connectivity index (χ1) is 15.9. The summed E-state index contributed by atoms with van der Waals surface area (Å²) >= 11 is 0. The highest BCUT2D eigenvalue weighted by atomic mass is 28.1. The van der Waals surface area contributed by atoms with Crippen molar-refractivity contribution in [2.24, 2.45) is 0 Å². The van der Waals surface area contributed by atoms with Crippen LogP contribution < -0.4 is 10.1 Å². The van der Waals surface area contributed by atoms with E-state index >= 15 is 0 Å².